The second-order valence-electron chi connectivity index (χ2n) is 8.77. The SMILES string of the molecule is CC(C)C(=O)Oc1cn(Cc2ccccc2)c2nc(C(C)C)n3c4ccccc4nc3c12. The molecule has 5 rings (SSSR count). The predicted octanol–water partition coefficient (Wildman–Crippen LogP) is 5.57. The molecule has 0 radical (unpaired) electrons. The van der Waals surface area contributed by atoms with Crippen molar-refractivity contribution < 1.29 is 9.53 Å². The Balaban J connectivity index is 1.84. The molecule has 0 bridgehead atoms. The fourth-order valence-corrected chi connectivity index (χ4v) is 4.03. The van der Waals surface area contributed by atoms with Gasteiger partial charge in [0.15, 0.2) is 11.4 Å². The number of carbonyl (C=O) groups is 1. The van der Waals surface area contributed by atoms with Crippen molar-refractivity contribution in [3.63, 3.8) is 0 Å². The second-order valence-corrected chi connectivity index (χ2v) is 8.77. The summed E-state index contributed by atoms with van der Waals surface area (Å²) in [6.07, 6.45) is 1.88. The van der Waals surface area contributed by atoms with E-state index in [1.165, 1.54) is 0 Å². The molecule has 0 atom stereocenters. The number of rotatable bonds is 5. The Morgan fingerprint density at radius 2 is 1.66 bits per heavy atom. The number of hydrogen-bond donors (Lipinski definition) is 0. The molecule has 0 aliphatic carbocycles. The van der Waals surface area contributed by atoms with Crippen molar-refractivity contribution >= 4 is 33.7 Å². The summed E-state index contributed by atoms with van der Waals surface area (Å²) in [5, 5.41) is 0.760. The van der Waals surface area contributed by atoms with Crippen molar-refractivity contribution in [2.45, 2.75) is 40.2 Å². The highest BCUT2D eigenvalue weighted by molar-refractivity contribution is 6.01. The normalized spacial score (nSPS) is 11.9. The molecule has 2 aromatic carbocycles. The minimum Gasteiger partial charge on any atom is -0.424 e. The van der Waals surface area contributed by atoms with Crippen LogP contribution in [0.25, 0.3) is 27.7 Å². The van der Waals surface area contributed by atoms with Gasteiger partial charge in [0, 0.05) is 18.7 Å². The van der Waals surface area contributed by atoms with Gasteiger partial charge in [-0.2, -0.15) is 0 Å². The molecule has 6 heteroatoms. The van der Waals surface area contributed by atoms with Crippen LogP contribution < -0.4 is 4.74 Å². The molecule has 0 aliphatic rings. The van der Waals surface area contributed by atoms with Crippen LogP contribution >= 0.6 is 0 Å². The minimum atomic E-state index is -0.272. The Morgan fingerprint density at radius 1 is 0.938 bits per heavy atom. The van der Waals surface area contributed by atoms with E-state index in [1.54, 1.807) is 0 Å². The summed E-state index contributed by atoms with van der Waals surface area (Å²) >= 11 is 0. The van der Waals surface area contributed by atoms with E-state index in [0.29, 0.717) is 12.3 Å². The zero-order valence-corrected chi connectivity index (χ0v) is 18.7. The number of aromatic nitrogens is 4. The highest BCUT2D eigenvalue weighted by atomic mass is 16.5. The molecule has 0 unspecified atom stereocenters. The van der Waals surface area contributed by atoms with E-state index in [2.05, 4.69) is 41.0 Å². The van der Waals surface area contributed by atoms with Gasteiger partial charge in [0.25, 0.3) is 0 Å². The van der Waals surface area contributed by atoms with Crippen molar-refractivity contribution in [2.75, 3.05) is 0 Å². The summed E-state index contributed by atoms with van der Waals surface area (Å²) < 4.78 is 10.0. The van der Waals surface area contributed by atoms with Crippen LogP contribution in [-0.4, -0.2) is 24.9 Å². The third-order valence-corrected chi connectivity index (χ3v) is 5.64. The van der Waals surface area contributed by atoms with E-state index >= 15 is 0 Å². The smallest absolute Gasteiger partial charge is 0.313 e. The van der Waals surface area contributed by atoms with Gasteiger partial charge in [0.05, 0.1) is 17.0 Å². The van der Waals surface area contributed by atoms with Crippen molar-refractivity contribution in [3.05, 3.63) is 72.2 Å². The van der Waals surface area contributed by atoms with Gasteiger partial charge in [-0.15, -0.1) is 0 Å². The van der Waals surface area contributed by atoms with Crippen LogP contribution in [-0.2, 0) is 11.3 Å². The molecule has 0 saturated carbocycles. The van der Waals surface area contributed by atoms with Crippen LogP contribution in [0.1, 0.15) is 45.0 Å². The maximum Gasteiger partial charge on any atom is 0.313 e. The number of carbonyl (C=O) groups excluding carboxylic acids is 1. The van der Waals surface area contributed by atoms with Crippen molar-refractivity contribution in [1.29, 1.82) is 0 Å². The standard InChI is InChI=1S/C26H26N4O2/c1-16(2)23-28-24-22(25-27-19-12-8-9-13-20(19)30(23)25)21(32-26(31)17(3)4)15-29(24)14-18-10-6-5-7-11-18/h5-13,15-17H,14H2,1-4H3. The molecule has 0 aliphatic heterocycles. The number of nitrogens with zero attached hydrogens (tertiary/aromatic N) is 4. The second kappa shape index (κ2) is 7.79. The van der Waals surface area contributed by atoms with Gasteiger partial charge in [-0.1, -0.05) is 70.2 Å². The zero-order valence-electron chi connectivity index (χ0n) is 18.7. The number of ether oxygens (including phenoxy) is 1. The molecule has 0 fully saturated rings. The van der Waals surface area contributed by atoms with Gasteiger partial charge in [-0.05, 0) is 17.7 Å². The van der Waals surface area contributed by atoms with Crippen LogP contribution in [0.4, 0.5) is 0 Å². The maximum absolute atomic E-state index is 12.5. The Hall–Kier alpha value is -3.67. The summed E-state index contributed by atoms with van der Waals surface area (Å²) in [5.74, 6) is 1.10. The topological polar surface area (TPSA) is 61.4 Å². The summed E-state index contributed by atoms with van der Waals surface area (Å²) in [7, 11) is 0. The third-order valence-electron chi connectivity index (χ3n) is 5.64. The number of para-hydroxylation sites is 2. The number of imidazole rings is 1. The van der Waals surface area contributed by atoms with Gasteiger partial charge in [-0.3, -0.25) is 9.20 Å². The van der Waals surface area contributed by atoms with Crippen molar-refractivity contribution in [1.82, 2.24) is 18.9 Å². The van der Waals surface area contributed by atoms with E-state index in [9.17, 15) is 4.79 Å². The van der Waals surface area contributed by atoms with Crippen molar-refractivity contribution in [2.24, 2.45) is 5.92 Å². The number of esters is 1. The van der Waals surface area contributed by atoms with E-state index < -0.39 is 0 Å². The predicted molar refractivity (Wildman–Crippen MR) is 126 cm³/mol. The van der Waals surface area contributed by atoms with Gasteiger partial charge in [0.1, 0.15) is 16.9 Å². The van der Waals surface area contributed by atoms with Gasteiger partial charge in [-0.25, -0.2) is 9.97 Å². The Bertz CT molecular complexity index is 1450. The lowest BCUT2D eigenvalue weighted by Gasteiger charge is -2.12. The molecule has 3 heterocycles. The maximum atomic E-state index is 12.5. The van der Waals surface area contributed by atoms with Crippen LogP contribution in [0.15, 0.2) is 60.8 Å². The number of fused-ring (bicyclic) bond motifs is 5. The number of hydrogen-bond acceptors (Lipinski definition) is 4. The van der Waals surface area contributed by atoms with Crippen molar-refractivity contribution in [3.8, 4) is 5.75 Å². The van der Waals surface area contributed by atoms with E-state index in [0.717, 1.165) is 39.1 Å². The fraction of sp³-hybridized carbons (Fsp3) is 0.269. The quantitative estimate of drug-likeness (QED) is 0.345. The zero-order chi connectivity index (χ0) is 22.4. The highest BCUT2D eigenvalue weighted by Crippen LogP contribution is 2.35. The molecule has 0 spiro atoms. The summed E-state index contributed by atoms with van der Waals surface area (Å²) in [4.78, 5) is 22.6. The first kappa shape index (κ1) is 20.2. The molecular weight excluding hydrogens is 400 g/mol. The molecule has 0 N–H and O–H groups in total. The minimum absolute atomic E-state index is 0.182. The largest absolute Gasteiger partial charge is 0.424 e. The summed E-state index contributed by atoms with van der Waals surface area (Å²) in [6.45, 7) is 8.55. The summed E-state index contributed by atoms with van der Waals surface area (Å²) in [5.41, 5.74) is 4.57. The monoisotopic (exact) mass is 426 g/mol. The first-order valence-electron chi connectivity index (χ1n) is 11.0. The Labute approximate surface area is 186 Å². The van der Waals surface area contributed by atoms with Crippen LogP contribution in [0.2, 0.25) is 0 Å². The lowest BCUT2D eigenvalue weighted by molar-refractivity contribution is -0.137. The molecular formula is C26H26N4O2. The van der Waals surface area contributed by atoms with E-state index in [1.807, 2.05) is 56.4 Å². The molecule has 0 saturated heterocycles. The van der Waals surface area contributed by atoms with Gasteiger partial charge < -0.3 is 9.30 Å². The van der Waals surface area contributed by atoms with Crippen LogP contribution in [0, 0.1) is 5.92 Å². The van der Waals surface area contributed by atoms with Gasteiger partial charge in [0.2, 0.25) is 0 Å². The van der Waals surface area contributed by atoms with Crippen LogP contribution in [0.3, 0.4) is 0 Å². The first-order valence-corrected chi connectivity index (χ1v) is 11.0. The fourth-order valence-electron chi connectivity index (χ4n) is 4.03. The first-order chi connectivity index (χ1) is 15.4. The number of benzene rings is 2. The van der Waals surface area contributed by atoms with Crippen LogP contribution in [0.5, 0.6) is 5.75 Å². The van der Waals surface area contributed by atoms with Gasteiger partial charge >= 0.3 is 5.97 Å². The average molecular weight is 427 g/mol. The Morgan fingerprint density at radius 3 is 2.38 bits per heavy atom. The summed E-state index contributed by atoms with van der Waals surface area (Å²) in [6, 6.07) is 18.2. The lowest BCUT2D eigenvalue weighted by Crippen LogP contribution is -2.14. The highest BCUT2D eigenvalue weighted by Gasteiger charge is 2.24. The molecule has 3 aromatic heterocycles. The van der Waals surface area contributed by atoms with E-state index in [4.69, 9.17) is 14.7 Å². The molecule has 32 heavy (non-hydrogen) atoms. The third kappa shape index (κ3) is 3.32. The molecule has 162 valence electrons. The Kier molecular flexibility index (Phi) is 4.93. The molecule has 6 nitrogen and oxygen atoms in total. The lowest BCUT2D eigenvalue weighted by atomic mass is 10.2. The molecule has 5 aromatic rings. The molecule has 0 amide bonds. The average Bonchev–Trinajstić information content (AvgIpc) is 3.32. The van der Waals surface area contributed by atoms with E-state index in [-0.39, 0.29) is 17.8 Å².